The SMILES string of the molecule is COc1ccccc1CC(C)NCc1ncc(Cl)s1. The number of para-hydroxylation sites is 1. The molecule has 0 bridgehead atoms. The molecule has 2 rings (SSSR count). The van der Waals surface area contributed by atoms with Crippen molar-refractivity contribution >= 4 is 22.9 Å². The Labute approximate surface area is 122 Å². The van der Waals surface area contributed by atoms with Crippen LogP contribution < -0.4 is 10.1 Å². The second kappa shape index (κ2) is 6.89. The van der Waals surface area contributed by atoms with Crippen LogP contribution in [-0.2, 0) is 13.0 Å². The van der Waals surface area contributed by atoms with Crippen molar-refractivity contribution in [2.75, 3.05) is 7.11 Å². The number of nitrogens with zero attached hydrogens (tertiary/aromatic N) is 1. The molecule has 1 aromatic carbocycles. The first-order valence-corrected chi connectivity index (χ1v) is 7.34. The molecule has 19 heavy (non-hydrogen) atoms. The lowest BCUT2D eigenvalue weighted by Gasteiger charge is -2.15. The van der Waals surface area contributed by atoms with Crippen LogP contribution in [0.25, 0.3) is 0 Å². The van der Waals surface area contributed by atoms with E-state index in [-0.39, 0.29) is 0 Å². The van der Waals surface area contributed by atoms with Crippen molar-refractivity contribution in [1.29, 1.82) is 0 Å². The molecule has 0 saturated heterocycles. The van der Waals surface area contributed by atoms with Gasteiger partial charge in [0.25, 0.3) is 0 Å². The van der Waals surface area contributed by atoms with Gasteiger partial charge in [-0.1, -0.05) is 29.8 Å². The second-order valence-electron chi connectivity index (χ2n) is 4.36. The van der Waals surface area contributed by atoms with Crippen molar-refractivity contribution in [3.05, 3.63) is 45.4 Å². The van der Waals surface area contributed by atoms with E-state index in [1.165, 1.54) is 16.9 Å². The summed E-state index contributed by atoms with van der Waals surface area (Å²) in [5, 5.41) is 4.46. The fourth-order valence-corrected chi connectivity index (χ4v) is 2.81. The Morgan fingerprint density at radius 2 is 2.21 bits per heavy atom. The molecule has 2 aromatic rings. The minimum Gasteiger partial charge on any atom is -0.496 e. The van der Waals surface area contributed by atoms with Gasteiger partial charge in [0.1, 0.15) is 15.1 Å². The highest BCUT2D eigenvalue weighted by Gasteiger charge is 2.08. The lowest BCUT2D eigenvalue weighted by Crippen LogP contribution is -2.27. The summed E-state index contributed by atoms with van der Waals surface area (Å²) in [6, 6.07) is 8.45. The van der Waals surface area contributed by atoms with Gasteiger partial charge in [-0.15, -0.1) is 11.3 Å². The number of methoxy groups -OCH3 is 1. The normalized spacial score (nSPS) is 12.4. The van der Waals surface area contributed by atoms with Crippen LogP contribution in [0.3, 0.4) is 0 Å². The number of halogens is 1. The van der Waals surface area contributed by atoms with Gasteiger partial charge >= 0.3 is 0 Å². The van der Waals surface area contributed by atoms with E-state index in [9.17, 15) is 0 Å². The standard InChI is InChI=1S/C14H17ClN2OS/c1-10(16-9-14-17-8-13(15)19-14)7-11-5-3-4-6-12(11)18-2/h3-6,8,10,16H,7,9H2,1-2H3. The Morgan fingerprint density at radius 1 is 1.42 bits per heavy atom. The molecule has 1 atom stereocenters. The van der Waals surface area contributed by atoms with Crippen LogP contribution in [0.5, 0.6) is 5.75 Å². The van der Waals surface area contributed by atoms with Crippen LogP contribution in [0.15, 0.2) is 30.5 Å². The van der Waals surface area contributed by atoms with E-state index in [1.54, 1.807) is 13.3 Å². The van der Waals surface area contributed by atoms with E-state index < -0.39 is 0 Å². The molecule has 1 N–H and O–H groups in total. The quantitative estimate of drug-likeness (QED) is 0.885. The Morgan fingerprint density at radius 3 is 2.89 bits per heavy atom. The van der Waals surface area contributed by atoms with Crippen molar-refractivity contribution in [2.45, 2.75) is 25.9 Å². The van der Waals surface area contributed by atoms with Crippen LogP contribution in [0.2, 0.25) is 4.34 Å². The van der Waals surface area contributed by atoms with Crippen LogP contribution in [-0.4, -0.2) is 18.1 Å². The monoisotopic (exact) mass is 296 g/mol. The summed E-state index contributed by atoms with van der Waals surface area (Å²) in [5.41, 5.74) is 1.21. The third-order valence-corrected chi connectivity index (χ3v) is 3.96. The molecule has 0 saturated carbocycles. The number of aromatic nitrogens is 1. The molecule has 0 aliphatic heterocycles. The molecule has 1 heterocycles. The van der Waals surface area contributed by atoms with Gasteiger partial charge in [-0.05, 0) is 25.0 Å². The maximum absolute atomic E-state index is 5.86. The topological polar surface area (TPSA) is 34.1 Å². The molecule has 102 valence electrons. The molecular formula is C14H17ClN2OS. The zero-order valence-corrected chi connectivity index (χ0v) is 12.6. The van der Waals surface area contributed by atoms with E-state index in [4.69, 9.17) is 16.3 Å². The average Bonchev–Trinajstić information content (AvgIpc) is 2.83. The van der Waals surface area contributed by atoms with Gasteiger partial charge in [-0.3, -0.25) is 0 Å². The Balaban J connectivity index is 1.88. The van der Waals surface area contributed by atoms with Crippen LogP contribution in [0.1, 0.15) is 17.5 Å². The Kier molecular flexibility index (Phi) is 5.19. The molecule has 1 aromatic heterocycles. The molecule has 5 heteroatoms. The van der Waals surface area contributed by atoms with Crippen LogP contribution in [0, 0.1) is 0 Å². The third-order valence-electron chi connectivity index (χ3n) is 2.85. The van der Waals surface area contributed by atoms with Crippen molar-refractivity contribution in [1.82, 2.24) is 10.3 Å². The van der Waals surface area contributed by atoms with E-state index in [0.29, 0.717) is 6.04 Å². The van der Waals surface area contributed by atoms with Gasteiger partial charge < -0.3 is 10.1 Å². The lowest BCUT2D eigenvalue weighted by molar-refractivity contribution is 0.406. The highest BCUT2D eigenvalue weighted by molar-refractivity contribution is 7.15. The molecule has 0 aliphatic rings. The Hall–Kier alpha value is -1.10. The van der Waals surface area contributed by atoms with Gasteiger partial charge in [-0.25, -0.2) is 4.98 Å². The first-order valence-electron chi connectivity index (χ1n) is 6.14. The lowest BCUT2D eigenvalue weighted by atomic mass is 10.1. The minimum absolute atomic E-state index is 0.346. The summed E-state index contributed by atoms with van der Waals surface area (Å²) in [6.45, 7) is 2.90. The van der Waals surface area contributed by atoms with Gasteiger partial charge in [-0.2, -0.15) is 0 Å². The van der Waals surface area contributed by atoms with Gasteiger partial charge in [0.05, 0.1) is 13.3 Å². The first-order chi connectivity index (χ1) is 9.19. The number of hydrogen-bond donors (Lipinski definition) is 1. The summed E-state index contributed by atoms with van der Waals surface area (Å²) in [7, 11) is 1.70. The number of nitrogens with one attached hydrogen (secondary N) is 1. The van der Waals surface area contributed by atoms with E-state index in [2.05, 4.69) is 23.3 Å². The van der Waals surface area contributed by atoms with Crippen molar-refractivity contribution < 1.29 is 4.74 Å². The van der Waals surface area contributed by atoms with Gasteiger partial charge in [0, 0.05) is 12.6 Å². The molecule has 0 radical (unpaired) electrons. The zero-order valence-electron chi connectivity index (χ0n) is 11.0. The molecule has 0 fully saturated rings. The fourth-order valence-electron chi connectivity index (χ4n) is 1.90. The van der Waals surface area contributed by atoms with E-state index >= 15 is 0 Å². The molecular weight excluding hydrogens is 280 g/mol. The third kappa shape index (κ3) is 4.20. The van der Waals surface area contributed by atoms with Crippen molar-refractivity contribution in [3.8, 4) is 5.75 Å². The maximum atomic E-state index is 5.86. The van der Waals surface area contributed by atoms with Gasteiger partial charge in [0.15, 0.2) is 0 Å². The number of rotatable bonds is 6. The predicted molar refractivity (Wildman–Crippen MR) is 80.1 cm³/mol. The summed E-state index contributed by atoms with van der Waals surface area (Å²) >= 11 is 7.37. The van der Waals surface area contributed by atoms with Crippen molar-refractivity contribution in [2.24, 2.45) is 0 Å². The van der Waals surface area contributed by atoms with Crippen molar-refractivity contribution in [3.63, 3.8) is 0 Å². The van der Waals surface area contributed by atoms with E-state index in [1.807, 2.05) is 18.2 Å². The highest BCUT2D eigenvalue weighted by atomic mass is 35.5. The maximum Gasteiger partial charge on any atom is 0.122 e. The number of thiazole rings is 1. The predicted octanol–water partition coefficient (Wildman–Crippen LogP) is 3.53. The van der Waals surface area contributed by atoms with Crippen LogP contribution in [0.4, 0.5) is 0 Å². The largest absolute Gasteiger partial charge is 0.496 e. The molecule has 0 aliphatic carbocycles. The summed E-state index contributed by atoms with van der Waals surface area (Å²) in [6.07, 6.45) is 2.61. The molecule has 0 spiro atoms. The summed E-state index contributed by atoms with van der Waals surface area (Å²) in [5.74, 6) is 0.938. The zero-order chi connectivity index (χ0) is 13.7. The van der Waals surface area contributed by atoms with E-state index in [0.717, 1.165) is 28.1 Å². The number of hydrogen-bond acceptors (Lipinski definition) is 4. The number of benzene rings is 1. The first kappa shape index (κ1) is 14.3. The molecule has 3 nitrogen and oxygen atoms in total. The molecule has 0 amide bonds. The van der Waals surface area contributed by atoms with Gasteiger partial charge in [0.2, 0.25) is 0 Å². The summed E-state index contributed by atoms with van der Waals surface area (Å²) < 4.78 is 6.09. The fraction of sp³-hybridized carbons (Fsp3) is 0.357. The van der Waals surface area contributed by atoms with Crippen LogP contribution >= 0.6 is 22.9 Å². The minimum atomic E-state index is 0.346. The smallest absolute Gasteiger partial charge is 0.122 e. The summed E-state index contributed by atoms with van der Waals surface area (Å²) in [4.78, 5) is 4.23. The molecule has 1 unspecified atom stereocenters. The second-order valence-corrected chi connectivity index (χ2v) is 6.10. The highest BCUT2D eigenvalue weighted by Crippen LogP contribution is 2.20. The average molecular weight is 297 g/mol. The number of ether oxygens (including phenoxy) is 1. The Bertz CT molecular complexity index is 530.